The minimum atomic E-state index is -1.10. The van der Waals surface area contributed by atoms with Crippen molar-refractivity contribution in [2.45, 2.75) is 39.3 Å². The molecule has 2 aliphatic heterocycles. The van der Waals surface area contributed by atoms with Crippen molar-refractivity contribution in [3.8, 4) is 5.75 Å². The predicted octanol–water partition coefficient (Wildman–Crippen LogP) is 3.25. The Bertz CT molecular complexity index is 1100. The highest BCUT2D eigenvalue weighted by molar-refractivity contribution is 5.95. The fraction of sp³-hybridized carbons (Fsp3) is 0.273. The number of aliphatic hydroxyl groups is 1. The summed E-state index contributed by atoms with van der Waals surface area (Å²) >= 11 is 0. The first-order valence-electron chi connectivity index (χ1n) is 9.49. The van der Waals surface area contributed by atoms with Gasteiger partial charge in [-0.2, -0.15) is 0 Å². The van der Waals surface area contributed by atoms with Gasteiger partial charge in [-0.3, -0.25) is 4.79 Å². The quantitative estimate of drug-likeness (QED) is 0.610. The number of rotatable bonds is 0. The first-order valence-corrected chi connectivity index (χ1v) is 9.49. The molecule has 144 valence electrons. The van der Waals surface area contributed by atoms with Crippen LogP contribution in [0.4, 0.5) is 5.69 Å². The molecule has 1 aromatic carbocycles. The number of pyridine rings is 1. The van der Waals surface area contributed by atoms with Crippen LogP contribution in [0, 0.1) is 0 Å². The van der Waals surface area contributed by atoms with Crippen LogP contribution in [0.15, 0.2) is 47.7 Å². The number of benzene rings is 1. The minimum absolute atomic E-state index is 0.0673. The number of nitrogens with two attached hydrogens (primary N) is 1. The van der Waals surface area contributed by atoms with E-state index >= 15 is 0 Å². The fourth-order valence-electron chi connectivity index (χ4n) is 4.10. The molecule has 2 aromatic rings. The summed E-state index contributed by atoms with van der Waals surface area (Å²) in [5.41, 5.74) is 12.1. The van der Waals surface area contributed by atoms with E-state index in [0.717, 1.165) is 33.6 Å². The number of phenols is 1. The van der Waals surface area contributed by atoms with E-state index in [2.05, 4.69) is 11.5 Å². The molecule has 5 rings (SSSR count). The summed E-state index contributed by atoms with van der Waals surface area (Å²) in [5, 5.41) is 20.9. The number of carbonyl (C=O) groups excluding carboxylic acids is 1. The van der Waals surface area contributed by atoms with Crippen molar-refractivity contribution in [2.24, 2.45) is 0 Å². The normalized spacial score (nSPS) is 20.3. The maximum atomic E-state index is 11.9. The smallest absolute Gasteiger partial charge is 0.166 e. The summed E-state index contributed by atoms with van der Waals surface area (Å²) in [6.07, 6.45) is 1.68. The van der Waals surface area contributed by atoms with Gasteiger partial charge in [-0.15, -0.1) is 0 Å². The molecule has 0 radical (unpaired) electrons. The van der Waals surface area contributed by atoms with E-state index in [4.69, 9.17) is 10.7 Å². The Morgan fingerprint density at radius 2 is 2.00 bits per heavy atom. The lowest BCUT2D eigenvalue weighted by Crippen LogP contribution is -2.32. The maximum absolute atomic E-state index is 11.9. The van der Waals surface area contributed by atoms with Gasteiger partial charge in [0, 0.05) is 40.9 Å². The zero-order chi connectivity index (χ0) is 20.2. The van der Waals surface area contributed by atoms with Crippen LogP contribution in [0.3, 0.4) is 0 Å². The number of ketones is 1. The SMILES string of the molecule is C=C1C2=C(C=C3c4nc5cc(O)cc(N)c5cc4CN13)C(O)C(=O)CC2.CC. The lowest BCUT2D eigenvalue weighted by molar-refractivity contribution is -0.125. The predicted molar refractivity (Wildman–Crippen MR) is 109 cm³/mol. The van der Waals surface area contributed by atoms with Gasteiger partial charge in [0.05, 0.1) is 23.5 Å². The van der Waals surface area contributed by atoms with Crippen LogP contribution in [0.2, 0.25) is 0 Å². The third-order valence-electron chi connectivity index (χ3n) is 5.43. The monoisotopic (exact) mass is 377 g/mol. The third kappa shape index (κ3) is 2.52. The summed E-state index contributed by atoms with van der Waals surface area (Å²) < 4.78 is 0. The number of aromatic nitrogens is 1. The summed E-state index contributed by atoms with van der Waals surface area (Å²) in [5.74, 6) is -0.0955. The molecule has 4 N–H and O–H groups in total. The Morgan fingerprint density at radius 3 is 2.75 bits per heavy atom. The van der Waals surface area contributed by atoms with Gasteiger partial charge in [-0.05, 0) is 29.7 Å². The first kappa shape index (κ1) is 18.3. The second-order valence-corrected chi connectivity index (χ2v) is 6.96. The minimum Gasteiger partial charge on any atom is -0.508 e. The zero-order valence-electron chi connectivity index (χ0n) is 16.0. The van der Waals surface area contributed by atoms with E-state index < -0.39 is 6.10 Å². The van der Waals surface area contributed by atoms with Gasteiger partial charge >= 0.3 is 0 Å². The van der Waals surface area contributed by atoms with Crippen molar-refractivity contribution < 1.29 is 15.0 Å². The molecule has 28 heavy (non-hydrogen) atoms. The standard InChI is InChI=1S/C20H17N3O3.C2H6/c1-9-12-2-3-18(25)20(26)13(12)7-17-19-10(8-23(9)17)4-14-15(21)5-11(24)6-16(14)22-19;1-2/h4-7,20,24,26H,1-3,8,21H2;1-2H3. The topological polar surface area (TPSA) is 99.7 Å². The van der Waals surface area contributed by atoms with Gasteiger partial charge in [0.2, 0.25) is 0 Å². The number of allylic oxidation sites excluding steroid dienone is 1. The van der Waals surface area contributed by atoms with Gasteiger partial charge in [0.1, 0.15) is 11.9 Å². The van der Waals surface area contributed by atoms with Crippen LogP contribution >= 0.6 is 0 Å². The number of nitrogen functional groups attached to an aromatic ring is 1. The molecule has 6 nitrogen and oxygen atoms in total. The molecule has 0 bridgehead atoms. The van der Waals surface area contributed by atoms with Crippen LogP contribution in [0.25, 0.3) is 16.6 Å². The van der Waals surface area contributed by atoms with Crippen LogP contribution < -0.4 is 5.73 Å². The number of hydrogen-bond donors (Lipinski definition) is 3. The van der Waals surface area contributed by atoms with Gasteiger partial charge in [-0.1, -0.05) is 20.4 Å². The Balaban J connectivity index is 0.000000932. The summed E-state index contributed by atoms with van der Waals surface area (Å²) in [7, 11) is 0. The average Bonchev–Trinajstić information content (AvgIpc) is 3.03. The van der Waals surface area contributed by atoms with E-state index in [0.29, 0.717) is 36.2 Å². The van der Waals surface area contributed by atoms with Crippen LogP contribution in [0.1, 0.15) is 37.9 Å². The zero-order valence-corrected chi connectivity index (χ0v) is 16.0. The average molecular weight is 377 g/mol. The molecule has 1 aromatic heterocycles. The van der Waals surface area contributed by atoms with Gasteiger partial charge in [0.15, 0.2) is 5.78 Å². The Labute approximate surface area is 163 Å². The highest BCUT2D eigenvalue weighted by Gasteiger charge is 2.38. The maximum Gasteiger partial charge on any atom is 0.166 e. The van der Waals surface area contributed by atoms with Crippen LogP contribution in [-0.2, 0) is 11.3 Å². The molecule has 1 unspecified atom stereocenters. The summed E-state index contributed by atoms with van der Waals surface area (Å²) in [6, 6.07) is 5.08. The van der Waals surface area contributed by atoms with E-state index in [1.807, 2.05) is 26.0 Å². The van der Waals surface area contributed by atoms with Crippen molar-refractivity contribution >= 4 is 28.1 Å². The van der Waals surface area contributed by atoms with Gasteiger partial charge < -0.3 is 20.8 Å². The number of nitrogens with zero attached hydrogens (tertiary/aromatic N) is 2. The molecule has 0 saturated heterocycles. The Morgan fingerprint density at radius 1 is 1.25 bits per heavy atom. The van der Waals surface area contributed by atoms with Crippen LogP contribution in [-0.4, -0.2) is 32.0 Å². The molecule has 3 heterocycles. The number of aromatic hydroxyl groups is 1. The molecule has 0 amide bonds. The largest absolute Gasteiger partial charge is 0.508 e. The number of Topliss-reactive ketones (excluding diaryl/α,β-unsaturated/α-hetero) is 1. The van der Waals surface area contributed by atoms with Crippen molar-refractivity contribution in [1.29, 1.82) is 0 Å². The summed E-state index contributed by atoms with van der Waals surface area (Å²) in [6.45, 7) is 8.81. The van der Waals surface area contributed by atoms with E-state index in [-0.39, 0.29) is 11.5 Å². The Kier molecular flexibility index (Phi) is 4.23. The molecule has 1 atom stereocenters. The number of anilines is 1. The molecular formula is C22H23N3O3. The molecule has 3 aliphatic rings. The molecule has 1 aliphatic carbocycles. The molecule has 0 spiro atoms. The van der Waals surface area contributed by atoms with Crippen molar-refractivity contribution in [2.75, 3.05) is 5.73 Å². The van der Waals surface area contributed by atoms with Crippen molar-refractivity contribution in [1.82, 2.24) is 9.88 Å². The molecular weight excluding hydrogens is 354 g/mol. The molecule has 0 saturated carbocycles. The highest BCUT2D eigenvalue weighted by Crippen LogP contribution is 2.45. The molecule has 0 fully saturated rings. The number of hydrogen-bond acceptors (Lipinski definition) is 6. The number of phenolic OH excluding ortho intramolecular Hbond substituents is 1. The molecule has 6 heteroatoms. The number of carbonyl (C=O) groups is 1. The van der Waals surface area contributed by atoms with E-state index in [9.17, 15) is 15.0 Å². The summed E-state index contributed by atoms with van der Waals surface area (Å²) in [4.78, 5) is 18.7. The Hall–Kier alpha value is -3.12. The number of fused-ring (bicyclic) bond motifs is 4. The lowest BCUT2D eigenvalue weighted by atomic mass is 9.84. The van der Waals surface area contributed by atoms with E-state index in [1.165, 1.54) is 6.07 Å². The second-order valence-electron chi connectivity index (χ2n) is 6.96. The van der Waals surface area contributed by atoms with Crippen molar-refractivity contribution in [3.05, 3.63) is 59.0 Å². The van der Waals surface area contributed by atoms with Gasteiger partial charge in [0.25, 0.3) is 0 Å². The van der Waals surface area contributed by atoms with Gasteiger partial charge in [-0.25, -0.2) is 4.98 Å². The lowest BCUT2D eigenvalue weighted by Gasteiger charge is -2.34. The fourth-order valence-corrected chi connectivity index (χ4v) is 4.10. The number of aliphatic hydroxyl groups excluding tert-OH is 1. The second kappa shape index (κ2) is 6.49. The van der Waals surface area contributed by atoms with Crippen molar-refractivity contribution in [3.63, 3.8) is 0 Å². The van der Waals surface area contributed by atoms with Crippen LogP contribution in [0.5, 0.6) is 5.75 Å². The highest BCUT2D eigenvalue weighted by atomic mass is 16.3. The van der Waals surface area contributed by atoms with E-state index in [1.54, 1.807) is 6.07 Å². The third-order valence-corrected chi connectivity index (χ3v) is 5.43. The first-order chi connectivity index (χ1) is 13.4.